The fraction of sp³-hybridized carbons (Fsp3) is 0.455. The molecule has 0 bridgehead atoms. The van der Waals surface area contributed by atoms with E-state index in [4.69, 9.17) is 4.74 Å². The van der Waals surface area contributed by atoms with E-state index < -0.39 is 5.60 Å². The van der Waals surface area contributed by atoms with Gasteiger partial charge in [-0.05, 0) is 32.2 Å². The summed E-state index contributed by atoms with van der Waals surface area (Å²) in [5.41, 5.74) is -0.786. The van der Waals surface area contributed by atoms with Crippen molar-refractivity contribution < 1.29 is 9.84 Å². The van der Waals surface area contributed by atoms with Crippen LogP contribution in [-0.2, 0) is 0 Å². The van der Waals surface area contributed by atoms with Gasteiger partial charge in [0.15, 0.2) is 0 Å². The van der Waals surface area contributed by atoms with E-state index in [1.54, 1.807) is 25.6 Å². The molecule has 1 rings (SSSR count). The summed E-state index contributed by atoms with van der Waals surface area (Å²) < 4.78 is 5.52. The summed E-state index contributed by atoms with van der Waals surface area (Å²) in [4.78, 5) is 1.09. The predicted octanol–water partition coefficient (Wildman–Crippen LogP) is 2.56. The highest BCUT2D eigenvalue weighted by Gasteiger charge is 2.14. The van der Waals surface area contributed by atoms with Crippen molar-refractivity contribution in [2.75, 3.05) is 12.9 Å². The fourth-order valence-corrected chi connectivity index (χ4v) is 1.54. The molecule has 0 radical (unpaired) electrons. The van der Waals surface area contributed by atoms with Crippen molar-refractivity contribution in [3.05, 3.63) is 24.3 Å². The van der Waals surface area contributed by atoms with E-state index in [-0.39, 0.29) is 0 Å². The average Bonchev–Trinajstić information content (AvgIpc) is 2.14. The van der Waals surface area contributed by atoms with E-state index in [9.17, 15) is 5.11 Å². The normalized spacial score (nSPS) is 11.4. The Kier molecular flexibility index (Phi) is 3.84. The Morgan fingerprint density at radius 3 is 2.57 bits per heavy atom. The van der Waals surface area contributed by atoms with Gasteiger partial charge in [-0.15, -0.1) is 11.8 Å². The third kappa shape index (κ3) is 3.60. The van der Waals surface area contributed by atoms with Gasteiger partial charge in [0, 0.05) is 4.90 Å². The van der Waals surface area contributed by atoms with Gasteiger partial charge in [-0.3, -0.25) is 0 Å². The van der Waals surface area contributed by atoms with E-state index in [1.807, 2.05) is 30.5 Å². The highest BCUT2D eigenvalue weighted by molar-refractivity contribution is 7.98. The molecular weight excluding hydrogens is 196 g/mol. The highest BCUT2D eigenvalue weighted by Crippen LogP contribution is 2.27. The summed E-state index contributed by atoms with van der Waals surface area (Å²) >= 11 is 1.64. The number of hydrogen-bond acceptors (Lipinski definition) is 3. The molecule has 1 aromatic carbocycles. The Bertz CT molecular complexity index is 292. The second kappa shape index (κ2) is 4.71. The third-order valence-electron chi connectivity index (χ3n) is 1.65. The second-order valence-electron chi connectivity index (χ2n) is 3.75. The summed E-state index contributed by atoms with van der Waals surface area (Å²) in [5, 5.41) is 9.51. The van der Waals surface area contributed by atoms with Gasteiger partial charge in [-0.1, -0.05) is 12.1 Å². The van der Waals surface area contributed by atoms with Crippen molar-refractivity contribution in [3.8, 4) is 5.75 Å². The molecule has 0 aliphatic heterocycles. The minimum atomic E-state index is -0.786. The van der Waals surface area contributed by atoms with Crippen LogP contribution in [0.1, 0.15) is 13.8 Å². The molecule has 2 nitrogen and oxygen atoms in total. The maximum absolute atomic E-state index is 9.51. The van der Waals surface area contributed by atoms with Crippen molar-refractivity contribution in [2.24, 2.45) is 0 Å². The van der Waals surface area contributed by atoms with Crippen LogP contribution >= 0.6 is 11.8 Å². The number of ether oxygens (including phenoxy) is 1. The number of thioether (sulfide) groups is 1. The predicted molar refractivity (Wildman–Crippen MR) is 60.0 cm³/mol. The molecule has 0 unspecified atom stereocenters. The molecule has 1 aromatic rings. The SMILES string of the molecule is CSc1ccccc1OCC(C)(C)O. The van der Waals surface area contributed by atoms with Crippen LogP contribution in [-0.4, -0.2) is 23.6 Å². The molecule has 0 aliphatic rings. The zero-order valence-corrected chi connectivity index (χ0v) is 9.60. The number of benzene rings is 1. The van der Waals surface area contributed by atoms with E-state index in [1.165, 1.54) is 0 Å². The van der Waals surface area contributed by atoms with Crippen LogP contribution in [0.3, 0.4) is 0 Å². The van der Waals surface area contributed by atoms with Crippen molar-refractivity contribution in [1.29, 1.82) is 0 Å². The molecule has 3 heteroatoms. The Morgan fingerprint density at radius 1 is 1.36 bits per heavy atom. The summed E-state index contributed by atoms with van der Waals surface area (Å²) in [6.07, 6.45) is 2.01. The van der Waals surface area contributed by atoms with Crippen LogP contribution in [0.5, 0.6) is 5.75 Å². The van der Waals surface area contributed by atoms with Crippen LogP contribution in [0.4, 0.5) is 0 Å². The van der Waals surface area contributed by atoms with Gasteiger partial charge in [0.1, 0.15) is 12.4 Å². The fourth-order valence-electron chi connectivity index (χ4n) is 0.992. The lowest BCUT2D eigenvalue weighted by Gasteiger charge is -2.18. The topological polar surface area (TPSA) is 29.5 Å². The quantitative estimate of drug-likeness (QED) is 0.778. The van der Waals surface area contributed by atoms with E-state index in [0.29, 0.717) is 6.61 Å². The monoisotopic (exact) mass is 212 g/mol. The second-order valence-corrected chi connectivity index (χ2v) is 4.60. The molecule has 0 spiro atoms. The molecule has 0 saturated carbocycles. The molecule has 0 atom stereocenters. The van der Waals surface area contributed by atoms with Crippen molar-refractivity contribution in [1.82, 2.24) is 0 Å². The summed E-state index contributed by atoms with van der Waals surface area (Å²) in [6.45, 7) is 3.77. The minimum Gasteiger partial charge on any atom is -0.489 e. The number of hydrogen-bond donors (Lipinski definition) is 1. The first kappa shape index (κ1) is 11.4. The molecule has 0 fully saturated rings. The van der Waals surface area contributed by atoms with Gasteiger partial charge in [-0.25, -0.2) is 0 Å². The van der Waals surface area contributed by atoms with Crippen LogP contribution in [0.2, 0.25) is 0 Å². The zero-order valence-electron chi connectivity index (χ0n) is 8.78. The summed E-state index contributed by atoms with van der Waals surface area (Å²) in [6, 6.07) is 7.82. The summed E-state index contributed by atoms with van der Waals surface area (Å²) in [5.74, 6) is 0.835. The lowest BCUT2D eigenvalue weighted by molar-refractivity contribution is 0.0275. The summed E-state index contributed by atoms with van der Waals surface area (Å²) in [7, 11) is 0. The zero-order chi connectivity index (χ0) is 10.6. The smallest absolute Gasteiger partial charge is 0.132 e. The largest absolute Gasteiger partial charge is 0.489 e. The first-order chi connectivity index (χ1) is 6.53. The Labute approximate surface area is 89.3 Å². The standard InChI is InChI=1S/C11H16O2S/c1-11(2,12)8-13-9-6-4-5-7-10(9)14-3/h4-7,12H,8H2,1-3H3. The van der Waals surface area contributed by atoms with Crippen LogP contribution in [0.15, 0.2) is 29.2 Å². The van der Waals surface area contributed by atoms with E-state index >= 15 is 0 Å². The molecular formula is C11H16O2S. The highest BCUT2D eigenvalue weighted by atomic mass is 32.2. The van der Waals surface area contributed by atoms with Gasteiger partial charge < -0.3 is 9.84 Å². The maximum Gasteiger partial charge on any atom is 0.132 e. The first-order valence-corrected chi connectivity index (χ1v) is 5.73. The Hall–Kier alpha value is -0.670. The molecule has 0 heterocycles. The number of para-hydroxylation sites is 1. The van der Waals surface area contributed by atoms with Crippen LogP contribution in [0.25, 0.3) is 0 Å². The molecule has 1 N–H and O–H groups in total. The minimum absolute atomic E-state index is 0.310. The molecule has 0 aliphatic carbocycles. The Balaban J connectivity index is 2.67. The van der Waals surface area contributed by atoms with Crippen molar-refractivity contribution in [2.45, 2.75) is 24.3 Å². The van der Waals surface area contributed by atoms with Gasteiger partial charge in [0.05, 0.1) is 5.60 Å². The average molecular weight is 212 g/mol. The van der Waals surface area contributed by atoms with E-state index in [2.05, 4.69) is 0 Å². The lowest BCUT2D eigenvalue weighted by atomic mass is 10.2. The van der Waals surface area contributed by atoms with Gasteiger partial charge in [0.25, 0.3) is 0 Å². The maximum atomic E-state index is 9.51. The van der Waals surface area contributed by atoms with Crippen LogP contribution < -0.4 is 4.74 Å². The van der Waals surface area contributed by atoms with Gasteiger partial charge in [-0.2, -0.15) is 0 Å². The van der Waals surface area contributed by atoms with Gasteiger partial charge >= 0.3 is 0 Å². The first-order valence-electron chi connectivity index (χ1n) is 4.51. The van der Waals surface area contributed by atoms with Crippen molar-refractivity contribution in [3.63, 3.8) is 0 Å². The molecule has 0 aromatic heterocycles. The van der Waals surface area contributed by atoms with Gasteiger partial charge in [0.2, 0.25) is 0 Å². The number of rotatable bonds is 4. The molecule has 0 amide bonds. The van der Waals surface area contributed by atoms with Crippen LogP contribution in [0, 0.1) is 0 Å². The third-order valence-corrected chi connectivity index (χ3v) is 2.43. The Morgan fingerprint density at radius 2 is 2.00 bits per heavy atom. The molecule has 78 valence electrons. The van der Waals surface area contributed by atoms with E-state index in [0.717, 1.165) is 10.6 Å². The molecule has 14 heavy (non-hydrogen) atoms. The van der Waals surface area contributed by atoms with Crippen molar-refractivity contribution >= 4 is 11.8 Å². The lowest BCUT2D eigenvalue weighted by Crippen LogP contribution is -2.27. The molecule has 0 saturated heterocycles. The number of aliphatic hydroxyl groups is 1.